The molecule has 9 nitrogen and oxygen atoms in total. The molecule has 1 unspecified atom stereocenters. The van der Waals surface area contributed by atoms with E-state index in [0.717, 1.165) is 80.7 Å². The average Bonchev–Trinajstić information content (AvgIpc) is 1.56. The first-order chi connectivity index (χ1) is 59.6. The first-order valence-corrected chi connectivity index (χ1v) is 40.6. The molecular weight excluding hydrogens is 2490 g/mol. The van der Waals surface area contributed by atoms with Gasteiger partial charge in [0.25, 0.3) is 0 Å². The molecule has 18 heteroatoms. The number of halogens is 4. The van der Waals surface area contributed by atoms with Crippen LogP contribution in [-0.4, -0.2) is 56.4 Å². The normalized spacial score (nSPS) is 14.2. The Labute approximate surface area is 810 Å². The Kier molecular flexibility index (Phi) is 34.0. The predicted octanol–water partition coefficient (Wildman–Crippen LogP) is 26.8. The van der Waals surface area contributed by atoms with Gasteiger partial charge in [-0.15, -0.1) is 161 Å². The number of ketones is 2. The van der Waals surface area contributed by atoms with Crippen molar-refractivity contribution >= 4 is 117 Å². The maximum atomic E-state index is 13.7. The van der Waals surface area contributed by atoms with Crippen molar-refractivity contribution in [1.29, 1.82) is 0 Å². The van der Waals surface area contributed by atoms with Gasteiger partial charge in [0.15, 0.2) is 23.2 Å². The van der Waals surface area contributed by atoms with Gasteiger partial charge in [-0.1, -0.05) is 207 Å². The fraction of sp³-hybridized carbons (Fsp3) is 0.118. The summed E-state index contributed by atoms with van der Waals surface area (Å²) < 4.78 is 54.0. The molecule has 1 atom stereocenters. The van der Waals surface area contributed by atoms with Crippen LogP contribution in [0.3, 0.4) is 0 Å². The van der Waals surface area contributed by atoms with E-state index in [1.54, 1.807) is 0 Å². The number of fused-ring (bicyclic) bond motifs is 9. The molecule has 15 aromatic carbocycles. The second-order valence-corrected chi connectivity index (χ2v) is 30.7. The third-order valence-corrected chi connectivity index (χ3v) is 22.0. The van der Waals surface area contributed by atoms with Crippen molar-refractivity contribution in [2.24, 2.45) is 25.0 Å². The molecule has 0 bridgehead atoms. The molecule has 5 radical (unpaired) electrons. The van der Waals surface area contributed by atoms with Gasteiger partial charge in [-0.05, 0) is 178 Å². The van der Waals surface area contributed by atoms with E-state index in [4.69, 9.17) is 30.2 Å². The van der Waals surface area contributed by atoms with E-state index in [0.29, 0.717) is 35.4 Å². The van der Waals surface area contributed by atoms with Crippen molar-refractivity contribution in [2.45, 2.75) is 85.2 Å². The van der Waals surface area contributed by atoms with E-state index < -0.39 is 28.7 Å². The zero-order valence-corrected chi connectivity index (χ0v) is 82.7. The molecule has 5 heterocycles. The van der Waals surface area contributed by atoms with Gasteiger partial charge in [0.1, 0.15) is 0 Å². The number of hydrogen-bond donors (Lipinski definition) is 2. The third-order valence-electron chi connectivity index (χ3n) is 22.0. The molecule has 0 fully saturated rings. The molecule has 1 aliphatic carbocycles. The monoisotopic (exact) mass is 2580 g/mol. The summed E-state index contributed by atoms with van der Waals surface area (Å²) in [5, 5.41) is 29.3. The van der Waals surface area contributed by atoms with E-state index in [2.05, 4.69) is 286 Å². The minimum Gasteiger partial charge on any atom is -0.512 e. The van der Waals surface area contributed by atoms with Gasteiger partial charge >= 0.3 is 0 Å². The Morgan fingerprint density at radius 1 is 0.422 bits per heavy atom. The minimum atomic E-state index is -1.00. The summed E-state index contributed by atoms with van der Waals surface area (Å²) in [5.74, 6) is -4.05. The fourth-order valence-electron chi connectivity index (χ4n) is 16.6. The average molecular weight is 2580 g/mol. The Morgan fingerprint density at radius 3 is 1.39 bits per heavy atom. The minimum absolute atomic E-state index is 0. The van der Waals surface area contributed by atoms with Crippen molar-refractivity contribution in [3.05, 3.63) is 453 Å². The number of hydrogen-bond acceptors (Lipinski definition) is 9. The number of rotatable bonds is 10. The van der Waals surface area contributed by atoms with Crippen molar-refractivity contribution < 1.29 is 138 Å². The molecule has 0 saturated heterocycles. The van der Waals surface area contributed by atoms with Gasteiger partial charge in [0, 0.05) is 135 Å². The number of aliphatic hydroxyl groups is 2. The van der Waals surface area contributed by atoms with Crippen LogP contribution in [0, 0.1) is 53.6 Å². The summed E-state index contributed by atoms with van der Waals surface area (Å²) in [7, 11) is 0. The van der Waals surface area contributed by atoms with Gasteiger partial charge in [-0.3, -0.25) is 29.0 Å². The molecule has 6 aliphatic rings. The molecule has 0 spiro atoms. The SMILES string of the molecule is CC(=O)C=C(C)O.CC(=O)C=C(C)O.CC1(C)N=C(c2[c-]cccc2)c2c1c1ccccc1c1ccccc21.CCC1(CC)C(c2[c-]cc(F)c(F)c2)=Nc2cc(F)c(F)cc21.[Ir].[Ir].[Ir].[Ir].[Ir].[c-]1cc2ccccc2cc1C1=NC2C=CC=CC2=C1c1ccccc1.[c-]1ccccc1C1=Nc2cccc3cccc1c23.[c-]1ccccc1C1=Nc2cccc3cccc1c23. The van der Waals surface area contributed by atoms with Crippen molar-refractivity contribution in [1.82, 2.24) is 0 Å². The van der Waals surface area contributed by atoms with E-state index in [9.17, 15) is 27.2 Å². The zero-order valence-electron chi connectivity index (χ0n) is 70.7. The first-order valence-electron chi connectivity index (χ1n) is 40.6. The Bertz CT molecular complexity index is 6800. The standard InChI is InChI=1S/C24H18N.C24H16N.C18H14F4N.2C17H10N.2C5H8O2.5Ir/c1-24(2)22-20-15-9-7-13-18(20)17-12-6-8-14-19(17)21(22)23(25-24)16-10-4-3-5-11-16;1-2-9-18(10-3-1)23-21-12-6-7-13-22(21)25-24(23)20-15-14-17-8-4-5-11-19(17)16-20;1-3-18(4-2)11-8-14(21)15(22)9-16(11)23-17(18)10-5-6-12(19)13(20)7-10;2*1-2-6-13(7-3-1)17-14-10-4-8-12-9-5-11-15(18-17)16(12)14;2*1-4(6)3-5(2)7;;;;;/h3-10,12-15H,1-2H3;1-14,16,22H;6-9H,3-4H2,1-2H3;2*1-6,8-11H;2*3,6H,1-2H3;;;;;/q5*-1;;;;;;;. The van der Waals surface area contributed by atoms with Crippen LogP contribution in [0.1, 0.15) is 129 Å². The largest absolute Gasteiger partial charge is 0.512 e. The van der Waals surface area contributed by atoms with Crippen molar-refractivity contribution in [2.75, 3.05) is 0 Å². The zero-order chi connectivity index (χ0) is 86.1. The van der Waals surface area contributed by atoms with Crippen LogP contribution >= 0.6 is 0 Å². The van der Waals surface area contributed by atoms with Crippen LogP contribution in [0.5, 0.6) is 0 Å². The van der Waals surface area contributed by atoms with Gasteiger partial charge in [-0.2, -0.15) is 0 Å². The van der Waals surface area contributed by atoms with E-state index in [-0.39, 0.29) is 135 Å². The first kappa shape index (κ1) is 98.7. The van der Waals surface area contributed by atoms with Crippen molar-refractivity contribution in [3.8, 4) is 0 Å². The van der Waals surface area contributed by atoms with Crippen LogP contribution in [-0.2, 0) is 121 Å². The summed E-state index contributed by atoms with van der Waals surface area (Å²) in [5.41, 5.74) is 19.9. The van der Waals surface area contributed by atoms with Gasteiger partial charge < -0.3 is 20.2 Å². The van der Waals surface area contributed by atoms with Gasteiger partial charge in [0.05, 0.1) is 51.8 Å². The van der Waals surface area contributed by atoms with Crippen LogP contribution < -0.4 is 0 Å². The quantitative estimate of drug-likeness (QED) is 0.0463. The fourth-order valence-corrected chi connectivity index (χ4v) is 16.6. The molecule has 128 heavy (non-hydrogen) atoms. The topological polar surface area (TPSA) is 136 Å². The number of aliphatic hydroxyl groups excluding tert-OH is 2. The van der Waals surface area contributed by atoms with Crippen LogP contribution in [0.15, 0.2) is 364 Å². The number of carbonyl (C=O) groups is 2. The summed E-state index contributed by atoms with van der Waals surface area (Å²) in [6.07, 6.45) is 12.0. The summed E-state index contributed by atoms with van der Waals surface area (Å²) in [6, 6.07) is 110. The number of nitrogens with zero attached hydrogens (tertiary/aromatic N) is 5. The number of allylic oxidation sites excluding steroid dienone is 7. The predicted molar refractivity (Wildman–Crippen MR) is 493 cm³/mol. The van der Waals surface area contributed by atoms with Crippen molar-refractivity contribution in [3.63, 3.8) is 0 Å². The smallest absolute Gasteiger partial charge is 0.160 e. The molecule has 0 aromatic heterocycles. The molecule has 15 aromatic rings. The van der Waals surface area contributed by atoms with E-state index in [1.807, 2.05) is 62.4 Å². The van der Waals surface area contributed by atoms with Crippen LogP contribution in [0.4, 0.5) is 34.6 Å². The van der Waals surface area contributed by atoms with Crippen LogP contribution in [0.25, 0.3) is 59.4 Å². The maximum absolute atomic E-state index is 13.7. The molecule has 2 N–H and O–H groups in total. The molecule has 21 rings (SSSR count). The molecule has 0 amide bonds. The Balaban J connectivity index is 0.000000160. The molecule has 5 aliphatic heterocycles. The summed E-state index contributed by atoms with van der Waals surface area (Å²) in [4.78, 5) is 44.1. The van der Waals surface area contributed by atoms with Gasteiger partial charge in [-0.25, -0.2) is 13.2 Å². The maximum Gasteiger partial charge on any atom is 0.160 e. The van der Waals surface area contributed by atoms with E-state index in [1.165, 1.54) is 133 Å². The second-order valence-electron chi connectivity index (χ2n) is 30.7. The summed E-state index contributed by atoms with van der Waals surface area (Å²) in [6.45, 7) is 13.9. The third kappa shape index (κ3) is 21.3. The molecule has 651 valence electrons. The second kappa shape index (κ2) is 44.0. The van der Waals surface area contributed by atoms with Gasteiger partial charge in [0.2, 0.25) is 0 Å². The number of carbonyl (C=O) groups excluding carboxylic acids is 2. The molecular formula is C110H84F4Ir5N5O4-5. The number of aliphatic imine (C=N–C) groups is 5. The van der Waals surface area contributed by atoms with Crippen LogP contribution in [0.2, 0.25) is 0 Å². The summed E-state index contributed by atoms with van der Waals surface area (Å²) >= 11 is 0. The Hall–Kier alpha value is -11.4. The number of benzene rings is 15. The molecule has 0 saturated carbocycles. The Morgan fingerprint density at radius 2 is 0.883 bits per heavy atom. The van der Waals surface area contributed by atoms with E-state index >= 15 is 0 Å².